The Kier molecular flexibility index (Phi) is 5.36. The van der Waals surface area contributed by atoms with Gasteiger partial charge in [-0.2, -0.15) is 0 Å². The van der Waals surface area contributed by atoms with Crippen LogP contribution in [0.25, 0.3) is 0 Å². The lowest BCUT2D eigenvalue weighted by molar-refractivity contribution is -0.139. The van der Waals surface area contributed by atoms with E-state index < -0.39 is 17.9 Å². The van der Waals surface area contributed by atoms with E-state index in [9.17, 15) is 9.59 Å². The summed E-state index contributed by atoms with van der Waals surface area (Å²) < 4.78 is 5.39. The Morgan fingerprint density at radius 2 is 2.26 bits per heavy atom. The Balaban J connectivity index is 2.75. The summed E-state index contributed by atoms with van der Waals surface area (Å²) in [5.74, 6) is -0.671. The van der Waals surface area contributed by atoms with Crippen LogP contribution < -0.4 is 5.32 Å². The van der Waals surface area contributed by atoms with E-state index in [0.29, 0.717) is 19.3 Å². The monoisotopic (exact) mass is 265 g/mol. The third kappa shape index (κ3) is 3.98. The molecule has 5 nitrogen and oxygen atoms in total. The molecule has 1 rings (SSSR count). The third-order valence-corrected chi connectivity index (χ3v) is 2.83. The summed E-state index contributed by atoms with van der Waals surface area (Å²) >= 11 is 0. The summed E-state index contributed by atoms with van der Waals surface area (Å²) in [5, 5.41) is 11.5. The first kappa shape index (κ1) is 15.0. The van der Waals surface area contributed by atoms with Gasteiger partial charge in [-0.15, -0.1) is 6.58 Å². The van der Waals surface area contributed by atoms with Gasteiger partial charge >= 0.3 is 5.97 Å². The van der Waals surface area contributed by atoms with Crippen molar-refractivity contribution in [3.63, 3.8) is 0 Å². The molecule has 0 aliphatic heterocycles. The fourth-order valence-corrected chi connectivity index (χ4v) is 1.75. The lowest BCUT2D eigenvalue weighted by Gasteiger charge is -2.12. The molecule has 5 heteroatoms. The van der Waals surface area contributed by atoms with Gasteiger partial charge < -0.3 is 14.8 Å². The molecule has 104 valence electrons. The van der Waals surface area contributed by atoms with Crippen molar-refractivity contribution in [2.24, 2.45) is 0 Å². The maximum Gasteiger partial charge on any atom is 0.326 e. The van der Waals surface area contributed by atoms with Crippen molar-refractivity contribution < 1.29 is 19.1 Å². The highest BCUT2D eigenvalue weighted by Gasteiger charge is 2.22. The zero-order valence-corrected chi connectivity index (χ0v) is 11.2. The molecule has 0 aliphatic carbocycles. The van der Waals surface area contributed by atoms with Crippen molar-refractivity contribution in [1.29, 1.82) is 0 Å². The SMILES string of the molecule is C=CCCC(NC(=O)c1cc(C)c(CC)o1)C(=O)O. The largest absolute Gasteiger partial charge is 0.480 e. The van der Waals surface area contributed by atoms with Crippen molar-refractivity contribution in [2.45, 2.75) is 39.2 Å². The fourth-order valence-electron chi connectivity index (χ4n) is 1.75. The van der Waals surface area contributed by atoms with E-state index in [1.54, 1.807) is 12.1 Å². The van der Waals surface area contributed by atoms with Gasteiger partial charge in [0.25, 0.3) is 5.91 Å². The maximum absolute atomic E-state index is 11.9. The highest BCUT2D eigenvalue weighted by molar-refractivity contribution is 5.94. The Hall–Kier alpha value is -2.04. The van der Waals surface area contributed by atoms with E-state index in [1.165, 1.54) is 0 Å². The molecule has 0 aromatic carbocycles. The number of rotatable bonds is 7. The Morgan fingerprint density at radius 1 is 1.58 bits per heavy atom. The predicted molar refractivity (Wildman–Crippen MR) is 71.1 cm³/mol. The number of amides is 1. The highest BCUT2D eigenvalue weighted by atomic mass is 16.4. The van der Waals surface area contributed by atoms with Crippen LogP contribution in [0.3, 0.4) is 0 Å². The molecule has 1 amide bonds. The standard InChI is InChI=1S/C14H19NO4/c1-4-6-7-10(14(17)18)15-13(16)12-8-9(3)11(5-2)19-12/h4,8,10H,1,5-7H2,2-3H3,(H,15,16)(H,17,18). The first-order valence-electron chi connectivity index (χ1n) is 6.23. The highest BCUT2D eigenvalue weighted by Crippen LogP contribution is 2.15. The number of furan rings is 1. The minimum absolute atomic E-state index is 0.152. The number of nitrogens with one attached hydrogen (secondary N) is 1. The zero-order chi connectivity index (χ0) is 14.4. The van der Waals surface area contributed by atoms with Crippen LogP contribution in [0.5, 0.6) is 0 Å². The van der Waals surface area contributed by atoms with E-state index >= 15 is 0 Å². The summed E-state index contributed by atoms with van der Waals surface area (Å²) in [5.41, 5.74) is 0.894. The van der Waals surface area contributed by atoms with E-state index in [-0.39, 0.29) is 5.76 Å². The number of aryl methyl sites for hydroxylation is 2. The van der Waals surface area contributed by atoms with Crippen LogP contribution in [0.4, 0.5) is 0 Å². The van der Waals surface area contributed by atoms with Gasteiger partial charge in [-0.1, -0.05) is 13.0 Å². The lowest BCUT2D eigenvalue weighted by atomic mass is 10.1. The van der Waals surface area contributed by atoms with Gasteiger partial charge in [-0.3, -0.25) is 4.79 Å². The van der Waals surface area contributed by atoms with Crippen molar-refractivity contribution in [3.05, 3.63) is 35.8 Å². The molecule has 1 heterocycles. The predicted octanol–water partition coefficient (Wildman–Crippen LogP) is 2.30. The van der Waals surface area contributed by atoms with Crippen LogP contribution in [-0.2, 0) is 11.2 Å². The molecule has 0 saturated carbocycles. The lowest BCUT2D eigenvalue weighted by Crippen LogP contribution is -2.40. The molecule has 0 aliphatic rings. The molecule has 1 aromatic rings. The van der Waals surface area contributed by atoms with Gasteiger partial charge in [0.05, 0.1) is 0 Å². The van der Waals surface area contributed by atoms with E-state index in [1.807, 2.05) is 13.8 Å². The molecule has 1 aromatic heterocycles. The molecular formula is C14H19NO4. The van der Waals surface area contributed by atoms with Gasteiger partial charge in [-0.05, 0) is 31.4 Å². The molecular weight excluding hydrogens is 246 g/mol. The van der Waals surface area contributed by atoms with Crippen molar-refractivity contribution in [2.75, 3.05) is 0 Å². The summed E-state index contributed by atoms with van der Waals surface area (Å²) in [4.78, 5) is 22.9. The van der Waals surface area contributed by atoms with Crippen LogP contribution in [0.2, 0.25) is 0 Å². The molecule has 0 spiro atoms. The molecule has 0 radical (unpaired) electrons. The summed E-state index contributed by atoms with van der Waals surface area (Å²) in [6.07, 6.45) is 3.14. The number of allylic oxidation sites excluding steroid dienone is 1. The average Bonchev–Trinajstić information content (AvgIpc) is 2.75. The normalized spacial score (nSPS) is 11.9. The number of carbonyl (C=O) groups is 2. The van der Waals surface area contributed by atoms with Crippen molar-refractivity contribution in [1.82, 2.24) is 5.32 Å². The number of carbonyl (C=O) groups excluding carboxylic acids is 1. The number of carboxylic acids is 1. The second-order valence-electron chi connectivity index (χ2n) is 4.30. The summed E-state index contributed by atoms with van der Waals surface area (Å²) in [6.45, 7) is 7.31. The topological polar surface area (TPSA) is 79.5 Å². The molecule has 0 bridgehead atoms. The van der Waals surface area contributed by atoms with E-state index in [0.717, 1.165) is 11.3 Å². The molecule has 0 saturated heterocycles. The second kappa shape index (κ2) is 6.78. The van der Waals surface area contributed by atoms with Crippen molar-refractivity contribution >= 4 is 11.9 Å². The Bertz CT molecular complexity index is 476. The molecule has 1 unspecified atom stereocenters. The van der Waals surface area contributed by atoms with Gasteiger partial charge in [0.1, 0.15) is 11.8 Å². The third-order valence-electron chi connectivity index (χ3n) is 2.83. The number of hydrogen-bond acceptors (Lipinski definition) is 3. The minimum atomic E-state index is -1.06. The Labute approximate surface area is 112 Å². The Morgan fingerprint density at radius 3 is 2.74 bits per heavy atom. The number of carboxylic acid groups (broad SMARTS) is 1. The molecule has 19 heavy (non-hydrogen) atoms. The van der Waals surface area contributed by atoms with Crippen LogP contribution in [0, 0.1) is 6.92 Å². The fraction of sp³-hybridized carbons (Fsp3) is 0.429. The summed E-state index contributed by atoms with van der Waals surface area (Å²) in [6, 6.07) is 0.696. The van der Waals surface area contributed by atoms with Crippen LogP contribution in [0.15, 0.2) is 23.1 Å². The van der Waals surface area contributed by atoms with Crippen LogP contribution in [0.1, 0.15) is 41.6 Å². The number of hydrogen-bond donors (Lipinski definition) is 2. The quantitative estimate of drug-likeness (QED) is 0.741. The molecule has 0 fully saturated rings. The van der Waals surface area contributed by atoms with Gasteiger partial charge in [0.2, 0.25) is 0 Å². The van der Waals surface area contributed by atoms with Crippen LogP contribution >= 0.6 is 0 Å². The smallest absolute Gasteiger partial charge is 0.326 e. The second-order valence-corrected chi connectivity index (χ2v) is 4.30. The zero-order valence-electron chi connectivity index (χ0n) is 11.2. The van der Waals surface area contributed by atoms with Gasteiger partial charge in [-0.25, -0.2) is 4.79 Å². The van der Waals surface area contributed by atoms with Gasteiger partial charge in [0.15, 0.2) is 5.76 Å². The minimum Gasteiger partial charge on any atom is -0.480 e. The molecule has 1 atom stereocenters. The van der Waals surface area contributed by atoms with E-state index in [2.05, 4.69) is 11.9 Å². The first-order valence-corrected chi connectivity index (χ1v) is 6.23. The van der Waals surface area contributed by atoms with Crippen molar-refractivity contribution in [3.8, 4) is 0 Å². The summed E-state index contributed by atoms with van der Waals surface area (Å²) in [7, 11) is 0. The van der Waals surface area contributed by atoms with E-state index in [4.69, 9.17) is 9.52 Å². The molecule has 2 N–H and O–H groups in total. The first-order chi connectivity index (χ1) is 8.99. The average molecular weight is 265 g/mol. The van der Waals surface area contributed by atoms with Gasteiger partial charge in [0, 0.05) is 6.42 Å². The number of aliphatic carboxylic acids is 1. The van der Waals surface area contributed by atoms with Crippen LogP contribution in [-0.4, -0.2) is 23.0 Å². The maximum atomic E-state index is 11.9.